The first kappa shape index (κ1) is 14.3. The van der Waals surface area contributed by atoms with E-state index in [1.165, 1.54) is 0 Å². The third kappa shape index (κ3) is 5.53. The molecule has 3 N–H and O–H groups in total. The average Bonchev–Trinajstić information content (AvgIpc) is 2.29. The summed E-state index contributed by atoms with van der Waals surface area (Å²) in [5.41, 5.74) is 1.26. The first-order valence-electron chi connectivity index (χ1n) is 5.22. The van der Waals surface area contributed by atoms with Crippen LogP contribution in [0.5, 0.6) is 0 Å². The Bertz CT molecular complexity index is 390. The lowest BCUT2D eigenvalue weighted by atomic mass is 10.1. The number of rotatable bonds is 4. The third-order valence-corrected chi connectivity index (χ3v) is 2.06. The lowest BCUT2D eigenvalue weighted by molar-refractivity contribution is -0.122. The Morgan fingerprint density at radius 2 is 1.83 bits per heavy atom. The summed E-state index contributed by atoms with van der Waals surface area (Å²) in [5.74, 6) is 0. The molecule has 0 atom stereocenters. The maximum Gasteiger partial charge on any atom is 0.405 e. The quantitative estimate of drug-likeness (QED) is 0.776. The summed E-state index contributed by atoms with van der Waals surface area (Å²) in [7, 11) is 0. The Morgan fingerprint density at radius 3 is 2.33 bits per heavy atom. The molecular formula is C11H13F3N2O2. The average molecular weight is 262 g/mol. The van der Waals surface area contributed by atoms with Gasteiger partial charge in [0.2, 0.25) is 0 Å². The molecule has 0 radical (unpaired) electrons. The summed E-state index contributed by atoms with van der Waals surface area (Å²) in [6.07, 6.45) is -3.94. The molecule has 1 rings (SSSR count). The molecule has 0 aliphatic heterocycles. The predicted octanol–water partition coefficient (Wildman–Crippen LogP) is 1.91. The molecule has 1 aromatic carbocycles. The van der Waals surface area contributed by atoms with Gasteiger partial charge in [-0.05, 0) is 24.1 Å². The summed E-state index contributed by atoms with van der Waals surface area (Å²) in [5, 5.41) is 12.7. The number of aliphatic hydroxyl groups excluding tert-OH is 1. The molecule has 0 bridgehead atoms. The van der Waals surface area contributed by atoms with Crippen LogP contribution in [0.2, 0.25) is 0 Å². The van der Waals surface area contributed by atoms with E-state index in [4.69, 9.17) is 5.11 Å². The second kappa shape index (κ2) is 6.25. The largest absolute Gasteiger partial charge is 0.405 e. The molecule has 7 heteroatoms. The zero-order chi connectivity index (χ0) is 13.6. The Balaban J connectivity index is 2.44. The molecule has 0 aliphatic rings. The zero-order valence-corrected chi connectivity index (χ0v) is 9.42. The summed E-state index contributed by atoms with van der Waals surface area (Å²) in [6.45, 7) is -1.36. The molecule has 0 saturated heterocycles. The Kier molecular flexibility index (Phi) is 4.96. The van der Waals surface area contributed by atoms with E-state index in [1.54, 1.807) is 29.6 Å². The molecule has 100 valence electrons. The summed E-state index contributed by atoms with van der Waals surface area (Å²) < 4.78 is 35.5. The van der Waals surface area contributed by atoms with Gasteiger partial charge in [0.15, 0.2) is 0 Å². The number of halogens is 3. The van der Waals surface area contributed by atoms with Gasteiger partial charge in [-0.25, -0.2) is 4.79 Å². The SMILES string of the molecule is O=C(NCC(F)(F)F)Nc1ccc(CCO)cc1. The van der Waals surface area contributed by atoms with Crippen molar-refractivity contribution in [3.05, 3.63) is 29.8 Å². The van der Waals surface area contributed by atoms with Gasteiger partial charge in [-0.2, -0.15) is 13.2 Å². The van der Waals surface area contributed by atoms with Crippen LogP contribution in [0.1, 0.15) is 5.56 Å². The Hall–Kier alpha value is -1.76. The van der Waals surface area contributed by atoms with Crippen LogP contribution in [-0.4, -0.2) is 30.5 Å². The van der Waals surface area contributed by atoms with Crippen LogP contribution in [0.4, 0.5) is 23.7 Å². The fourth-order valence-electron chi connectivity index (χ4n) is 1.24. The van der Waals surface area contributed by atoms with Crippen molar-refractivity contribution in [1.82, 2.24) is 5.32 Å². The smallest absolute Gasteiger partial charge is 0.396 e. The molecule has 18 heavy (non-hydrogen) atoms. The number of benzene rings is 1. The molecule has 2 amide bonds. The van der Waals surface area contributed by atoms with Crippen LogP contribution in [-0.2, 0) is 6.42 Å². The van der Waals surface area contributed by atoms with Gasteiger partial charge in [0.25, 0.3) is 0 Å². The van der Waals surface area contributed by atoms with Gasteiger partial charge in [0.05, 0.1) is 0 Å². The summed E-state index contributed by atoms with van der Waals surface area (Å²) >= 11 is 0. The number of anilines is 1. The van der Waals surface area contributed by atoms with Gasteiger partial charge in [0, 0.05) is 12.3 Å². The maximum atomic E-state index is 11.8. The second-order valence-corrected chi connectivity index (χ2v) is 3.59. The van der Waals surface area contributed by atoms with Crippen LogP contribution < -0.4 is 10.6 Å². The minimum Gasteiger partial charge on any atom is -0.396 e. The standard InChI is InChI=1S/C11H13F3N2O2/c12-11(13,14)7-15-10(18)16-9-3-1-8(2-4-9)5-6-17/h1-4,17H,5-7H2,(H2,15,16,18). The summed E-state index contributed by atoms with van der Waals surface area (Å²) in [6, 6.07) is 5.55. The van der Waals surface area contributed by atoms with E-state index in [-0.39, 0.29) is 6.61 Å². The van der Waals surface area contributed by atoms with Crippen molar-refractivity contribution < 1.29 is 23.1 Å². The zero-order valence-electron chi connectivity index (χ0n) is 9.42. The minimum atomic E-state index is -4.43. The Morgan fingerprint density at radius 1 is 1.22 bits per heavy atom. The molecule has 0 aromatic heterocycles. The monoisotopic (exact) mass is 262 g/mol. The van der Waals surface area contributed by atoms with Crippen LogP contribution in [0.25, 0.3) is 0 Å². The fraction of sp³-hybridized carbons (Fsp3) is 0.364. The van der Waals surface area contributed by atoms with Gasteiger partial charge in [-0.15, -0.1) is 0 Å². The molecule has 4 nitrogen and oxygen atoms in total. The number of carbonyl (C=O) groups excluding carboxylic acids is 1. The number of carbonyl (C=O) groups is 1. The molecule has 0 heterocycles. The van der Waals surface area contributed by atoms with Crippen LogP contribution in [0.15, 0.2) is 24.3 Å². The first-order valence-corrected chi connectivity index (χ1v) is 5.22. The fourth-order valence-corrected chi connectivity index (χ4v) is 1.24. The topological polar surface area (TPSA) is 61.4 Å². The normalized spacial score (nSPS) is 11.1. The number of urea groups is 1. The highest BCUT2D eigenvalue weighted by Crippen LogP contribution is 2.13. The van der Waals surface area contributed by atoms with E-state index in [0.29, 0.717) is 12.1 Å². The second-order valence-electron chi connectivity index (χ2n) is 3.59. The molecule has 0 spiro atoms. The molecular weight excluding hydrogens is 249 g/mol. The van der Waals surface area contributed by atoms with Crippen LogP contribution in [0.3, 0.4) is 0 Å². The lowest BCUT2D eigenvalue weighted by Gasteiger charge is -2.10. The Labute approximate surface area is 102 Å². The van der Waals surface area contributed by atoms with Crippen molar-refractivity contribution >= 4 is 11.7 Å². The van der Waals surface area contributed by atoms with Gasteiger partial charge < -0.3 is 15.7 Å². The highest BCUT2D eigenvalue weighted by molar-refractivity contribution is 5.89. The van der Waals surface area contributed by atoms with E-state index in [1.807, 2.05) is 0 Å². The van der Waals surface area contributed by atoms with E-state index < -0.39 is 18.8 Å². The maximum absolute atomic E-state index is 11.8. The molecule has 0 aliphatic carbocycles. The molecule has 0 saturated carbocycles. The van der Waals surface area contributed by atoms with E-state index >= 15 is 0 Å². The van der Waals surface area contributed by atoms with E-state index in [2.05, 4.69) is 5.32 Å². The number of aliphatic hydroxyl groups is 1. The van der Waals surface area contributed by atoms with Crippen molar-refractivity contribution in [2.45, 2.75) is 12.6 Å². The van der Waals surface area contributed by atoms with Crippen LogP contribution >= 0.6 is 0 Å². The minimum absolute atomic E-state index is 0.0127. The van der Waals surface area contributed by atoms with E-state index in [0.717, 1.165) is 5.56 Å². The number of alkyl halides is 3. The molecule has 0 fully saturated rings. The molecule has 1 aromatic rings. The van der Waals surface area contributed by atoms with Crippen molar-refractivity contribution in [2.75, 3.05) is 18.5 Å². The molecule has 0 unspecified atom stereocenters. The number of hydrogen-bond donors (Lipinski definition) is 3. The lowest BCUT2D eigenvalue weighted by Crippen LogP contribution is -2.36. The number of amides is 2. The van der Waals surface area contributed by atoms with Crippen molar-refractivity contribution in [3.63, 3.8) is 0 Å². The predicted molar refractivity (Wildman–Crippen MR) is 60.3 cm³/mol. The third-order valence-electron chi connectivity index (χ3n) is 2.06. The van der Waals surface area contributed by atoms with Crippen molar-refractivity contribution in [1.29, 1.82) is 0 Å². The van der Waals surface area contributed by atoms with Gasteiger partial charge in [-0.3, -0.25) is 0 Å². The highest BCUT2D eigenvalue weighted by Gasteiger charge is 2.27. The van der Waals surface area contributed by atoms with Crippen LogP contribution in [0, 0.1) is 0 Å². The summed E-state index contributed by atoms with van der Waals surface area (Å²) in [4.78, 5) is 11.1. The number of hydrogen-bond acceptors (Lipinski definition) is 2. The number of nitrogens with one attached hydrogen (secondary N) is 2. The van der Waals surface area contributed by atoms with Gasteiger partial charge >= 0.3 is 12.2 Å². The van der Waals surface area contributed by atoms with Gasteiger partial charge in [0.1, 0.15) is 6.54 Å². The highest BCUT2D eigenvalue weighted by atomic mass is 19.4. The van der Waals surface area contributed by atoms with Gasteiger partial charge in [-0.1, -0.05) is 12.1 Å². The van der Waals surface area contributed by atoms with E-state index in [9.17, 15) is 18.0 Å². The van der Waals surface area contributed by atoms with Crippen molar-refractivity contribution in [2.24, 2.45) is 0 Å². The first-order chi connectivity index (χ1) is 8.40. The van der Waals surface area contributed by atoms with Crippen molar-refractivity contribution in [3.8, 4) is 0 Å².